The first kappa shape index (κ1) is 21.9. The van der Waals surface area contributed by atoms with Crippen molar-refractivity contribution in [2.75, 3.05) is 21.3 Å². The fourth-order valence-corrected chi connectivity index (χ4v) is 3.18. The van der Waals surface area contributed by atoms with E-state index >= 15 is 0 Å². The van der Waals surface area contributed by atoms with Crippen molar-refractivity contribution in [3.63, 3.8) is 0 Å². The Morgan fingerprint density at radius 2 is 1.77 bits per heavy atom. The van der Waals surface area contributed by atoms with Gasteiger partial charge in [0.25, 0.3) is 5.56 Å². The van der Waals surface area contributed by atoms with Crippen LogP contribution in [0.15, 0.2) is 41.5 Å². The summed E-state index contributed by atoms with van der Waals surface area (Å²) in [6.07, 6.45) is 2.20. The van der Waals surface area contributed by atoms with Crippen LogP contribution in [0.25, 0.3) is 10.9 Å². The predicted molar refractivity (Wildman–Crippen MR) is 115 cm³/mol. The molecule has 0 aliphatic rings. The number of carbonyl (C=O) groups excluding carboxylic acids is 1. The van der Waals surface area contributed by atoms with Crippen molar-refractivity contribution in [1.82, 2.24) is 14.9 Å². The van der Waals surface area contributed by atoms with E-state index in [1.54, 1.807) is 24.3 Å². The predicted octanol–water partition coefficient (Wildman–Crippen LogP) is 2.22. The molecule has 0 saturated heterocycles. The van der Waals surface area contributed by atoms with Crippen molar-refractivity contribution in [3.8, 4) is 23.0 Å². The number of aryl methyl sites for hydroxylation is 1. The highest BCUT2D eigenvalue weighted by Gasteiger charge is 2.11. The van der Waals surface area contributed by atoms with E-state index < -0.39 is 0 Å². The molecule has 0 aliphatic carbocycles. The summed E-state index contributed by atoms with van der Waals surface area (Å²) in [4.78, 5) is 29.2. The molecule has 0 bridgehead atoms. The second-order valence-electron chi connectivity index (χ2n) is 6.85. The highest BCUT2D eigenvalue weighted by atomic mass is 16.5. The van der Waals surface area contributed by atoms with Gasteiger partial charge in [0.1, 0.15) is 0 Å². The summed E-state index contributed by atoms with van der Waals surface area (Å²) < 4.78 is 17.0. The number of fused-ring (bicyclic) bond motifs is 1. The van der Waals surface area contributed by atoms with Crippen molar-refractivity contribution in [2.24, 2.45) is 0 Å². The van der Waals surface area contributed by atoms with E-state index in [1.165, 1.54) is 38.3 Å². The van der Waals surface area contributed by atoms with Crippen molar-refractivity contribution in [3.05, 3.63) is 52.6 Å². The molecule has 0 radical (unpaired) electrons. The number of phenols is 1. The number of carbonyl (C=O) groups is 1. The van der Waals surface area contributed by atoms with Gasteiger partial charge < -0.3 is 24.6 Å². The maximum Gasteiger partial charge on any atom is 0.261 e. The molecule has 0 saturated carbocycles. The lowest BCUT2D eigenvalue weighted by Gasteiger charge is -2.11. The quantitative estimate of drug-likeness (QED) is 0.538. The number of nitrogens with one attached hydrogen (secondary N) is 1. The lowest BCUT2D eigenvalue weighted by Crippen LogP contribution is -2.24. The molecule has 0 aliphatic heterocycles. The van der Waals surface area contributed by atoms with Crippen LogP contribution in [0.3, 0.4) is 0 Å². The summed E-state index contributed by atoms with van der Waals surface area (Å²) in [5.41, 5.74) is 1.12. The molecule has 2 N–H and O–H groups in total. The molecular formula is C22H25N3O6. The van der Waals surface area contributed by atoms with Crippen LogP contribution < -0.4 is 25.1 Å². The van der Waals surface area contributed by atoms with Crippen molar-refractivity contribution < 1.29 is 24.1 Å². The first-order chi connectivity index (χ1) is 15.0. The zero-order valence-electron chi connectivity index (χ0n) is 17.7. The van der Waals surface area contributed by atoms with Crippen molar-refractivity contribution in [1.29, 1.82) is 0 Å². The molecule has 9 nitrogen and oxygen atoms in total. The zero-order valence-corrected chi connectivity index (χ0v) is 17.7. The Kier molecular flexibility index (Phi) is 6.96. The number of methoxy groups -OCH3 is 3. The van der Waals surface area contributed by atoms with Gasteiger partial charge >= 0.3 is 0 Å². The Morgan fingerprint density at radius 1 is 1.06 bits per heavy atom. The number of ether oxygens (including phenoxy) is 3. The van der Waals surface area contributed by atoms with Gasteiger partial charge in [-0.05, 0) is 30.2 Å². The maximum absolute atomic E-state index is 12.8. The molecule has 9 heteroatoms. The van der Waals surface area contributed by atoms with Crippen LogP contribution in [-0.4, -0.2) is 41.9 Å². The number of hydrogen-bond donors (Lipinski definition) is 2. The molecule has 1 aromatic heterocycles. The minimum atomic E-state index is -0.206. The monoisotopic (exact) mass is 427 g/mol. The molecule has 0 unspecified atom stereocenters. The smallest absolute Gasteiger partial charge is 0.261 e. The molecule has 31 heavy (non-hydrogen) atoms. The van der Waals surface area contributed by atoms with Gasteiger partial charge in [0.2, 0.25) is 5.91 Å². The number of phenolic OH excluding ortho intramolecular Hbond substituents is 1. The number of aromatic hydroxyl groups is 1. The first-order valence-electron chi connectivity index (χ1n) is 9.70. The van der Waals surface area contributed by atoms with Crippen LogP contribution >= 0.6 is 0 Å². The highest BCUT2D eigenvalue weighted by molar-refractivity contribution is 5.81. The fraction of sp³-hybridized carbons (Fsp3) is 0.318. The minimum Gasteiger partial charge on any atom is -0.504 e. The van der Waals surface area contributed by atoms with E-state index in [1.807, 2.05) is 0 Å². The van der Waals surface area contributed by atoms with Gasteiger partial charge in [-0.3, -0.25) is 14.2 Å². The normalized spacial score (nSPS) is 10.7. The molecule has 1 amide bonds. The highest BCUT2D eigenvalue weighted by Crippen LogP contribution is 2.30. The van der Waals surface area contributed by atoms with Crippen LogP contribution in [0.1, 0.15) is 18.4 Å². The molecule has 3 aromatic rings. The Morgan fingerprint density at radius 3 is 2.48 bits per heavy atom. The molecule has 164 valence electrons. The second kappa shape index (κ2) is 9.84. The molecule has 0 spiro atoms. The number of benzene rings is 2. The van der Waals surface area contributed by atoms with Crippen molar-refractivity contribution >= 4 is 16.8 Å². The van der Waals surface area contributed by atoms with E-state index in [9.17, 15) is 14.7 Å². The fourth-order valence-electron chi connectivity index (χ4n) is 3.18. The number of nitrogens with zero attached hydrogens (tertiary/aromatic N) is 2. The summed E-state index contributed by atoms with van der Waals surface area (Å²) in [7, 11) is 4.49. The second-order valence-corrected chi connectivity index (χ2v) is 6.85. The third-order valence-electron chi connectivity index (χ3n) is 4.87. The average molecular weight is 427 g/mol. The summed E-state index contributed by atoms with van der Waals surface area (Å²) in [6, 6.07) is 8.16. The first-order valence-corrected chi connectivity index (χ1v) is 9.70. The summed E-state index contributed by atoms with van der Waals surface area (Å²) in [5.74, 6) is 1.21. The Hall–Kier alpha value is -3.75. The zero-order chi connectivity index (χ0) is 22.4. The van der Waals surface area contributed by atoms with Crippen LogP contribution in [-0.2, 0) is 17.9 Å². The van der Waals surface area contributed by atoms with Gasteiger partial charge in [0.15, 0.2) is 23.0 Å². The number of amides is 1. The Labute approximate surface area is 179 Å². The largest absolute Gasteiger partial charge is 0.504 e. The molecule has 0 atom stereocenters. The lowest BCUT2D eigenvalue weighted by molar-refractivity contribution is -0.121. The summed E-state index contributed by atoms with van der Waals surface area (Å²) >= 11 is 0. The van der Waals surface area contributed by atoms with Crippen LogP contribution in [0.4, 0.5) is 0 Å². The van der Waals surface area contributed by atoms with Crippen molar-refractivity contribution in [2.45, 2.75) is 25.9 Å². The van der Waals surface area contributed by atoms with Gasteiger partial charge in [-0.25, -0.2) is 4.98 Å². The molecule has 1 heterocycles. The molecule has 0 fully saturated rings. The van der Waals surface area contributed by atoms with E-state index in [0.29, 0.717) is 47.7 Å². The molecular weight excluding hydrogens is 402 g/mol. The molecule has 3 rings (SSSR count). The standard InChI is InChI=1S/C22H25N3O6/c1-29-18-9-14(6-7-17(18)26)12-23-21(27)5-4-8-25-13-24-16-11-20(31-3)19(30-2)10-15(16)22(25)28/h6-7,9-11,13,26H,4-5,8,12H2,1-3H3,(H,23,27). The van der Waals surface area contributed by atoms with Gasteiger partial charge in [-0.1, -0.05) is 6.07 Å². The van der Waals surface area contributed by atoms with Gasteiger partial charge in [0.05, 0.1) is 38.6 Å². The van der Waals surface area contributed by atoms with Gasteiger partial charge in [-0.15, -0.1) is 0 Å². The Bertz CT molecular complexity index is 1140. The van der Waals surface area contributed by atoms with Crippen LogP contribution in [0.2, 0.25) is 0 Å². The van der Waals surface area contributed by atoms with E-state index in [4.69, 9.17) is 14.2 Å². The van der Waals surface area contributed by atoms with Crippen LogP contribution in [0, 0.1) is 0 Å². The summed E-state index contributed by atoms with van der Waals surface area (Å²) in [5, 5.41) is 12.9. The lowest BCUT2D eigenvalue weighted by atomic mass is 10.2. The number of aromatic nitrogens is 2. The number of hydrogen-bond acceptors (Lipinski definition) is 7. The van der Waals surface area contributed by atoms with E-state index in [2.05, 4.69) is 10.3 Å². The van der Waals surface area contributed by atoms with E-state index in [0.717, 1.165) is 5.56 Å². The topological polar surface area (TPSA) is 112 Å². The van der Waals surface area contributed by atoms with E-state index in [-0.39, 0.29) is 23.6 Å². The van der Waals surface area contributed by atoms with Gasteiger partial charge in [-0.2, -0.15) is 0 Å². The number of rotatable bonds is 9. The third kappa shape index (κ3) is 5.06. The SMILES string of the molecule is COc1cc(CNC(=O)CCCn2cnc3cc(OC)c(OC)cc3c2=O)ccc1O. The molecule has 2 aromatic carbocycles. The average Bonchev–Trinajstić information content (AvgIpc) is 2.79. The maximum atomic E-state index is 12.8. The minimum absolute atomic E-state index is 0.0445. The van der Waals surface area contributed by atoms with Crippen LogP contribution in [0.5, 0.6) is 23.0 Å². The third-order valence-corrected chi connectivity index (χ3v) is 4.87. The van der Waals surface area contributed by atoms with Gasteiger partial charge in [0, 0.05) is 25.6 Å². The Balaban J connectivity index is 1.59. The summed E-state index contributed by atoms with van der Waals surface area (Å²) in [6.45, 7) is 0.672.